The first kappa shape index (κ1) is 21.4. The van der Waals surface area contributed by atoms with E-state index in [-0.39, 0.29) is 31.2 Å². The molecular formula is C18H33N5O4. The average molecular weight is 383 g/mol. The summed E-state index contributed by atoms with van der Waals surface area (Å²) in [6, 6.07) is -0.244. The van der Waals surface area contributed by atoms with Crippen molar-refractivity contribution in [2.24, 2.45) is 34.4 Å². The number of hydrogen-bond acceptors (Lipinski definition) is 8. The predicted molar refractivity (Wildman–Crippen MR) is 101 cm³/mol. The summed E-state index contributed by atoms with van der Waals surface area (Å²) in [5.74, 6) is 6.92. The van der Waals surface area contributed by atoms with Crippen LogP contribution in [0.4, 0.5) is 0 Å². The lowest BCUT2D eigenvalue weighted by molar-refractivity contribution is -0.148. The predicted octanol–water partition coefficient (Wildman–Crippen LogP) is 0.393. The average Bonchev–Trinajstić information content (AvgIpc) is 2.65. The van der Waals surface area contributed by atoms with E-state index >= 15 is 0 Å². The monoisotopic (exact) mass is 383 g/mol. The number of hydrazine groups is 1. The normalized spacial score (nSPS) is 28.1. The zero-order valence-corrected chi connectivity index (χ0v) is 16.1. The van der Waals surface area contributed by atoms with Gasteiger partial charge in [-0.1, -0.05) is 6.42 Å². The zero-order valence-electron chi connectivity index (χ0n) is 16.1. The van der Waals surface area contributed by atoms with E-state index in [1.54, 1.807) is 0 Å². The Labute approximate surface area is 160 Å². The van der Waals surface area contributed by atoms with Gasteiger partial charge in [-0.3, -0.25) is 9.59 Å². The molecule has 1 aliphatic heterocycles. The molecule has 0 bridgehead atoms. The molecule has 2 fully saturated rings. The number of nitrogens with zero attached hydrogens (tertiary/aromatic N) is 1. The van der Waals surface area contributed by atoms with Crippen molar-refractivity contribution in [2.75, 3.05) is 19.8 Å². The highest BCUT2D eigenvalue weighted by Crippen LogP contribution is 2.40. The van der Waals surface area contributed by atoms with Crippen LogP contribution in [0.3, 0.4) is 0 Å². The quantitative estimate of drug-likeness (QED) is 0.112. The number of hydrazone groups is 1. The second-order valence-electron chi connectivity index (χ2n) is 7.53. The fraction of sp³-hybridized carbons (Fsp3) is 0.833. The second-order valence-corrected chi connectivity index (χ2v) is 7.53. The van der Waals surface area contributed by atoms with Crippen LogP contribution in [-0.2, 0) is 19.1 Å². The minimum Gasteiger partial charge on any atom is -0.466 e. The number of carbonyl (C=O) groups excluding carboxylic acids is 2. The van der Waals surface area contributed by atoms with Gasteiger partial charge in [-0.25, -0.2) is 11.4 Å². The van der Waals surface area contributed by atoms with E-state index in [4.69, 9.17) is 21.1 Å². The van der Waals surface area contributed by atoms with Crippen LogP contribution in [0.1, 0.15) is 51.9 Å². The number of carbonyl (C=O) groups is 2. The summed E-state index contributed by atoms with van der Waals surface area (Å²) < 4.78 is 10.2. The largest absolute Gasteiger partial charge is 0.466 e. The molecule has 4 atom stereocenters. The Morgan fingerprint density at radius 1 is 1.19 bits per heavy atom. The van der Waals surface area contributed by atoms with Gasteiger partial charge in [0.05, 0.1) is 13.2 Å². The molecule has 9 heteroatoms. The third-order valence-electron chi connectivity index (χ3n) is 5.55. The smallest absolute Gasteiger partial charge is 0.323 e. The maximum atomic E-state index is 12.3. The molecule has 0 spiro atoms. The zero-order chi connectivity index (χ0) is 19.6. The molecule has 1 aliphatic carbocycles. The first-order valence-corrected chi connectivity index (χ1v) is 9.80. The summed E-state index contributed by atoms with van der Waals surface area (Å²) in [4.78, 5) is 23.0. The summed E-state index contributed by atoms with van der Waals surface area (Å²) in [6.45, 7) is 2.78. The number of rotatable bonds is 9. The number of fused-ring (bicyclic) bond motifs is 1. The molecule has 9 nitrogen and oxygen atoms in total. The Kier molecular flexibility index (Phi) is 8.80. The summed E-state index contributed by atoms with van der Waals surface area (Å²) >= 11 is 0. The van der Waals surface area contributed by atoms with Gasteiger partial charge in [-0.15, -0.1) is 0 Å². The molecule has 0 radical (unpaired) electrons. The molecule has 27 heavy (non-hydrogen) atoms. The van der Waals surface area contributed by atoms with Gasteiger partial charge in [-0.05, 0) is 50.0 Å². The van der Waals surface area contributed by atoms with Gasteiger partial charge in [0.2, 0.25) is 0 Å². The molecular weight excluding hydrogens is 350 g/mol. The van der Waals surface area contributed by atoms with Crippen LogP contribution in [0.5, 0.6) is 0 Å². The first-order chi connectivity index (χ1) is 13.0. The first-order valence-electron chi connectivity index (χ1n) is 9.80. The van der Waals surface area contributed by atoms with Gasteiger partial charge in [0.25, 0.3) is 0 Å². The van der Waals surface area contributed by atoms with Crippen LogP contribution < -0.4 is 22.4 Å². The Morgan fingerprint density at radius 2 is 1.96 bits per heavy atom. The van der Waals surface area contributed by atoms with Crippen molar-refractivity contribution in [2.45, 2.75) is 57.9 Å². The van der Waals surface area contributed by atoms with Gasteiger partial charge >= 0.3 is 11.9 Å². The van der Waals surface area contributed by atoms with Crippen molar-refractivity contribution in [3.8, 4) is 0 Å². The third-order valence-corrected chi connectivity index (χ3v) is 5.55. The number of ether oxygens (including phenoxy) is 2. The van der Waals surface area contributed by atoms with Crippen molar-refractivity contribution in [1.29, 1.82) is 0 Å². The van der Waals surface area contributed by atoms with E-state index in [1.165, 1.54) is 19.8 Å². The molecule has 0 aromatic heterocycles. The summed E-state index contributed by atoms with van der Waals surface area (Å²) in [7, 11) is 0. The molecule has 1 saturated carbocycles. The number of nitrogens with two attached hydrogens (primary N) is 2. The van der Waals surface area contributed by atoms with Crippen LogP contribution in [0.15, 0.2) is 5.10 Å². The Balaban J connectivity index is 1.71. The van der Waals surface area contributed by atoms with Crippen LogP contribution in [0.25, 0.3) is 0 Å². The Hall–Kier alpha value is -1.87. The fourth-order valence-corrected chi connectivity index (χ4v) is 4.14. The van der Waals surface area contributed by atoms with Gasteiger partial charge in [0.15, 0.2) is 0 Å². The van der Waals surface area contributed by atoms with Gasteiger partial charge in [-0.2, -0.15) is 5.10 Å². The van der Waals surface area contributed by atoms with E-state index in [0.29, 0.717) is 30.0 Å². The SMILES string of the molecule is CC(=O)OCCCOC(=O)C1CC2CC(CC/C(N)=N/NN)CCC2CN1. The molecule has 2 aliphatic rings. The molecule has 154 valence electrons. The molecule has 0 aromatic rings. The molecule has 1 saturated heterocycles. The number of hydrogen-bond donors (Lipinski definition) is 4. The highest BCUT2D eigenvalue weighted by atomic mass is 16.5. The van der Waals surface area contributed by atoms with E-state index in [2.05, 4.69) is 16.0 Å². The van der Waals surface area contributed by atoms with Crippen molar-refractivity contribution in [3.05, 3.63) is 0 Å². The molecule has 0 aromatic carbocycles. The number of esters is 2. The molecule has 0 amide bonds. The van der Waals surface area contributed by atoms with E-state index in [0.717, 1.165) is 32.2 Å². The minimum absolute atomic E-state index is 0.205. The second kappa shape index (κ2) is 11.1. The topological polar surface area (TPSA) is 141 Å². The maximum absolute atomic E-state index is 12.3. The lowest BCUT2D eigenvalue weighted by Gasteiger charge is -2.42. The molecule has 1 heterocycles. The Bertz CT molecular complexity index is 528. The van der Waals surface area contributed by atoms with Crippen molar-refractivity contribution < 1.29 is 19.1 Å². The van der Waals surface area contributed by atoms with Gasteiger partial charge in [0, 0.05) is 19.8 Å². The highest BCUT2D eigenvalue weighted by molar-refractivity contribution is 5.79. The van der Waals surface area contributed by atoms with Crippen LogP contribution in [-0.4, -0.2) is 43.6 Å². The highest BCUT2D eigenvalue weighted by Gasteiger charge is 2.38. The van der Waals surface area contributed by atoms with Crippen molar-refractivity contribution in [1.82, 2.24) is 10.9 Å². The van der Waals surface area contributed by atoms with E-state index < -0.39 is 0 Å². The van der Waals surface area contributed by atoms with Crippen LogP contribution in [0, 0.1) is 17.8 Å². The minimum atomic E-state index is -0.319. The van der Waals surface area contributed by atoms with Crippen LogP contribution >= 0.6 is 0 Å². The third kappa shape index (κ3) is 7.34. The Morgan fingerprint density at radius 3 is 2.70 bits per heavy atom. The number of piperidine rings is 1. The summed E-state index contributed by atoms with van der Waals surface area (Å²) in [5.41, 5.74) is 8.02. The molecule has 6 N–H and O–H groups in total. The van der Waals surface area contributed by atoms with Gasteiger partial charge in [0.1, 0.15) is 11.9 Å². The van der Waals surface area contributed by atoms with Crippen molar-refractivity contribution in [3.63, 3.8) is 0 Å². The molecule has 4 unspecified atom stereocenters. The lowest BCUT2D eigenvalue weighted by atomic mass is 9.69. The van der Waals surface area contributed by atoms with Crippen molar-refractivity contribution >= 4 is 17.8 Å². The summed E-state index contributed by atoms with van der Waals surface area (Å²) in [6.07, 6.45) is 6.56. The fourth-order valence-electron chi connectivity index (χ4n) is 4.14. The molecule has 2 rings (SSSR count). The van der Waals surface area contributed by atoms with E-state index in [9.17, 15) is 9.59 Å². The van der Waals surface area contributed by atoms with Crippen LogP contribution in [0.2, 0.25) is 0 Å². The number of amidine groups is 1. The lowest BCUT2D eigenvalue weighted by Crippen LogP contribution is -2.50. The number of nitrogens with one attached hydrogen (secondary N) is 2. The summed E-state index contributed by atoms with van der Waals surface area (Å²) in [5, 5.41) is 7.14. The maximum Gasteiger partial charge on any atom is 0.323 e. The standard InChI is InChI=1S/C18H33N5O4/c1-12(24)26-7-2-8-27-18(25)16-10-15-9-13(3-5-14(15)11-21-16)4-6-17(19)22-23-20/h13-16,21,23H,2-11,20H2,1H3,(H2,19,22). The van der Waals surface area contributed by atoms with E-state index in [1.807, 2.05) is 0 Å². The van der Waals surface area contributed by atoms with Gasteiger partial charge < -0.3 is 20.5 Å².